The lowest BCUT2D eigenvalue weighted by Crippen LogP contribution is -1.88. The van der Waals surface area contributed by atoms with E-state index in [2.05, 4.69) is 18.6 Å². The lowest BCUT2D eigenvalue weighted by molar-refractivity contribution is 0.200. The second-order valence-corrected chi connectivity index (χ2v) is 3.11. The summed E-state index contributed by atoms with van der Waals surface area (Å²) in [5.41, 5.74) is 0. The Kier molecular flexibility index (Phi) is 26.7. The lowest BCUT2D eigenvalue weighted by Gasteiger charge is -1.89. The zero-order chi connectivity index (χ0) is 8.41. The molecular weight excluding hydrogens is 206 g/mol. The van der Waals surface area contributed by atoms with E-state index in [4.69, 9.17) is 5.14 Å². The SMILES string of the molecule is CCC.COC(=O)SSN.Cl. The molecule has 0 heterocycles. The summed E-state index contributed by atoms with van der Waals surface area (Å²) in [6.07, 6.45) is 1.25. The Hall–Kier alpha value is 0.420. The smallest absolute Gasteiger partial charge is 0.379 e. The van der Waals surface area contributed by atoms with Gasteiger partial charge in [0, 0.05) is 10.8 Å². The summed E-state index contributed by atoms with van der Waals surface area (Å²) < 4.78 is 4.21. The molecule has 0 fully saturated rings. The molecule has 2 N–H and O–H groups in total. The Labute approximate surface area is 81.8 Å². The zero-order valence-corrected chi connectivity index (χ0v) is 9.28. The first-order chi connectivity index (χ1) is 4.72. The normalized spacial score (nSPS) is 6.91. The van der Waals surface area contributed by atoms with Crippen LogP contribution in [-0.2, 0) is 4.74 Å². The van der Waals surface area contributed by atoms with E-state index < -0.39 is 0 Å². The molecule has 0 aromatic rings. The molecule has 70 valence electrons. The quantitative estimate of drug-likeness (QED) is 0.418. The van der Waals surface area contributed by atoms with E-state index >= 15 is 0 Å². The molecule has 0 atom stereocenters. The van der Waals surface area contributed by atoms with Crippen LogP contribution in [0.4, 0.5) is 4.79 Å². The fourth-order valence-electron chi connectivity index (χ4n) is 0.0733. The fourth-order valence-corrected chi connectivity index (χ4v) is 0.660. The molecule has 0 saturated heterocycles. The Bertz CT molecular complexity index is 84.9. The van der Waals surface area contributed by atoms with Gasteiger partial charge in [-0.25, -0.2) is 4.79 Å². The van der Waals surface area contributed by atoms with Crippen molar-refractivity contribution in [2.75, 3.05) is 7.11 Å². The fraction of sp³-hybridized carbons (Fsp3) is 0.800. The Morgan fingerprint density at radius 2 is 1.91 bits per heavy atom. The number of hydrogen-bond acceptors (Lipinski definition) is 5. The van der Waals surface area contributed by atoms with Crippen LogP contribution in [0.25, 0.3) is 0 Å². The number of carbonyl (C=O) groups excluding carboxylic acids is 1. The summed E-state index contributed by atoms with van der Waals surface area (Å²) in [6.45, 7) is 4.25. The maximum absolute atomic E-state index is 10.1. The molecule has 0 aliphatic rings. The minimum atomic E-state index is -0.368. The molecule has 0 aliphatic heterocycles. The Morgan fingerprint density at radius 1 is 1.55 bits per heavy atom. The third-order valence-electron chi connectivity index (χ3n) is 0.283. The molecule has 0 radical (unpaired) electrons. The molecule has 0 spiro atoms. The minimum Gasteiger partial charge on any atom is -0.460 e. The molecule has 0 rings (SSSR count). The molecule has 0 amide bonds. The van der Waals surface area contributed by atoms with Crippen molar-refractivity contribution in [3.05, 3.63) is 0 Å². The van der Waals surface area contributed by atoms with Crippen LogP contribution in [0, 0.1) is 0 Å². The third kappa shape index (κ3) is 25.1. The van der Waals surface area contributed by atoms with Crippen molar-refractivity contribution < 1.29 is 9.53 Å². The molecule has 0 saturated carbocycles. The van der Waals surface area contributed by atoms with Crippen LogP contribution in [0.5, 0.6) is 0 Å². The molecular formula is C5H14ClNO2S2. The number of methoxy groups -OCH3 is 1. The highest BCUT2D eigenvalue weighted by Crippen LogP contribution is 2.14. The van der Waals surface area contributed by atoms with Gasteiger partial charge in [0.25, 0.3) is 0 Å². The topological polar surface area (TPSA) is 52.3 Å². The van der Waals surface area contributed by atoms with Gasteiger partial charge in [0.1, 0.15) is 0 Å². The summed E-state index contributed by atoms with van der Waals surface area (Å²) in [7, 11) is 3.05. The van der Waals surface area contributed by atoms with Crippen molar-refractivity contribution >= 4 is 39.5 Å². The lowest BCUT2D eigenvalue weighted by atomic mass is 10.6. The van der Waals surface area contributed by atoms with Gasteiger partial charge in [0.05, 0.1) is 7.11 Å². The van der Waals surface area contributed by atoms with Crippen molar-refractivity contribution in [1.82, 2.24) is 0 Å². The van der Waals surface area contributed by atoms with E-state index in [0.717, 1.165) is 21.8 Å². The van der Waals surface area contributed by atoms with Crippen LogP contribution in [0.2, 0.25) is 0 Å². The number of nitrogens with two attached hydrogens (primary N) is 1. The Balaban J connectivity index is -0.000000140. The second kappa shape index (κ2) is 16.8. The average Bonchev–Trinajstić information content (AvgIpc) is 1.90. The summed E-state index contributed by atoms with van der Waals surface area (Å²) in [5.74, 6) is 0. The average molecular weight is 220 g/mol. The maximum atomic E-state index is 10.1. The van der Waals surface area contributed by atoms with Crippen LogP contribution in [0.1, 0.15) is 20.3 Å². The van der Waals surface area contributed by atoms with Gasteiger partial charge < -0.3 is 4.74 Å². The largest absolute Gasteiger partial charge is 0.460 e. The van der Waals surface area contributed by atoms with Crippen LogP contribution in [-0.4, -0.2) is 12.4 Å². The molecule has 11 heavy (non-hydrogen) atoms. The van der Waals surface area contributed by atoms with Crippen LogP contribution >= 0.6 is 34.2 Å². The standard InChI is InChI=1S/C3H8.C2H5NO2S2.ClH/c1-3-2;1-5-2(4)6-7-3;/h3H2,1-2H3;3H2,1H3;1H. The highest BCUT2D eigenvalue weighted by molar-refractivity contribution is 8.81. The molecule has 0 aromatic heterocycles. The van der Waals surface area contributed by atoms with Crippen LogP contribution in [0.15, 0.2) is 0 Å². The summed E-state index contributed by atoms with van der Waals surface area (Å²) in [4.78, 5) is 10.1. The zero-order valence-electron chi connectivity index (χ0n) is 6.83. The summed E-state index contributed by atoms with van der Waals surface area (Å²) in [5, 5.41) is 4.52. The predicted octanol–water partition coefficient (Wildman–Crippen LogP) is 2.85. The Morgan fingerprint density at radius 3 is 2.00 bits per heavy atom. The number of halogens is 1. The van der Waals surface area contributed by atoms with Gasteiger partial charge in [-0.15, -0.1) is 12.4 Å². The van der Waals surface area contributed by atoms with Crippen molar-refractivity contribution in [3.63, 3.8) is 0 Å². The number of rotatable bonds is 1. The van der Waals surface area contributed by atoms with Crippen molar-refractivity contribution in [3.8, 4) is 0 Å². The maximum Gasteiger partial charge on any atom is 0.379 e. The van der Waals surface area contributed by atoms with Gasteiger partial charge in [0.2, 0.25) is 0 Å². The number of hydrogen-bond donors (Lipinski definition) is 1. The second-order valence-electron chi connectivity index (χ2n) is 1.34. The van der Waals surface area contributed by atoms with Gasteiger partial charge in [0.15, 0.2) is 0 Å². The van der Waals surface area contributed by atoms with Crippen molar-refractivity contribution in [2.24, 2.45) is 5.14 Å². The molecule has 6 heteroatoms. The molecule has 0 unspecified atom stereocenters. The van der Waals surface area contributed by atoms with Crippen molar-refractivity contribution in [2.45, 2.75) is 20.3 Å². The van der Waals surface area contributed by atoms with E-state index in [-0.39, 0.29) is 17.7 Å². The minimum absolute atomic E-state index is 0. The summed E-state index contributed by atoms with van der Waals surface area (Å²) in [6, 6.07) is 0. The first-order valence-corrected chi connectivity index (χ1v) is 5.05. The van der Waals surface area contributed by atoms with Gasteiger partial charge in [-0.1, -0.05) is 20.3 Å². The monoisotopic (exact) mass is 219 g/mol. The highest BCUT2D eigenvalue weighted by atomic mass is 35.5. The molecule has 0 aliphatic carbocycles. The van der Waals surface area contributed by atoms with E-state index in [9.17, 15) is 4.79 Å². The first kappa shape index (κ1) is 17.5. The summed E-state index contributed by atoms with van der Waals surface area (Å²) >= 11 is 0. The van der Waals surface area contributed by atoms with Crippen LogP contribution in [0.3, 0.4) is 0 Å². The van der Waals surface area contributed by atoms with Gasteiger partial charge in [-0.3, -0.25) is 5.14 Å². The third-order valence-corrected chi connectivity index (χ3v) is 1.38. The van der Waals surface area contributed by atoms with E-state index in [1.807, 2.05) is 0 Å². The van der Waals surface area contributed by atoms with E-state index in [0.29, 0.717) is 0 Å². The molecule has 0 bridgehead atoms. The van der Waals surface area contributed by atoms with E-state index in [1.54, 1.807) is 0 Å². The molecule has 3 nitrogen and oxygen atoms in total. The predicted molar refractivity (Wildman–Crippen MR) is 55.0 cm³/mol. The number of carbonyl (C=O) groups is 1. The van der Waals surface area contributed by atoms with Gasteiger partial charge in [-0.05, 0) is 11.0 Å². The van der Waals surface area contributed by atoms with Crippen molar-refractivity contribution in [1.29, 1.82) is 0 Å². The van der Waals surface area contributed by atoms with Crippen LogP contribution < -0.4 is 5.14 Å². The van der Waals surface area contributed by atoms with E-state index in [1.165, 1.54) is 13.5 Å². The number of ether oxygens (including phenoxy) is 1. The van der Waals surface area contributed by atoms with Gasteiger partial charge in [-0.2, -0.15) is 0 Å². The molecule has 0 aromatic carbocycles. The first-order valence-electron chi connectivity index (χ1n) is 2.84. The van der Waals surface area contributed by atoms with Gasteiger partial charge >= 0.3 is 5.30 Å². The highest BCUT2D eigenvalue weighted by Gasteiger charge is 1.95.